The maximum atomic E-state index is 5.87. The molecule has 1 unspecified atom stereocenters. The lowest BCUT2D eigenvalue weighted by Gasteiger charge is -2.33. The van der Waals surface area contributed by atoms with E-state index in [1.807, 2.05) is 0 Å². The van der Waals surface area contributed by atoms with E-state index < -0.39 is 0 Å². The SMILES string of the molecule is CCC1CCC(C(NN)c2cccc(N(C)C)c2)CC1. The maximum Gasteiger partial charge on any atom is 0.0488 e. The molecule has 112 valence electrons. The van der Waals surface area contributed by atoms with Crippen LogP contribution in [0.25, 0.3) is 0 Å². The van der Waals surface area contributed by atoms with Gasteiger partial charge in [0.2, 0.25) is 0 Å². The molecule has 1 aromatic rings. The summed E-state index contributed by atoms with van der Waals surface area (Å²) in [5, 5.41) is 0. The fourth-order valence-electron chi connectivity index (χ4n) is 3.43. The van der Waals surface area contributed by atoms with Gasteiger partial charge in [0, 0.05) is 25.8 Å². The molecule has 1 saturated carbocycles. The molecule has 1 aliphatic rings. The highest BCUT2D eigenvalue weighted by molar-refractivity contribution is 5.47. The van der Waals surface area contributed by atoms with E-state index >= 15 is 0 Å². The van der Waals surface area contributed by atoms with Crippen LogP contribution in [0.3, 0.4) is 0 Å². The molecule has 3 nitrogen and oxygen atoms in total. The molecule has 0 saturated heterocycles. The van der Waals surface area contributed by atoms with E-state index in [2.05, 4.69) is 55.6 Å². The van der Waals surface area contributed by atoms with Crippen molar-refractivity contribution in [2.45, 2.75) is 45.1 Å². The first kappa shape index (κ1) is 15.3. The number of hydrogen-bond donors (Lipinski definition) is 2. The summed E-state index contributed by atoms with van der Waals surface area (Å²) in [6.07, 6.45) is 6.61. The molecule has 0 aliphatic heterocycles. The van der Waals surface area contributed by atoms with Gasteiger partial charge in [0.05, 0.1) is 0 Å². The number of nitrogens with two attached hydrogens (primary N) is 1. The van der Waals surface area contributed by atoms with Crippen LogP contribution in [-0.2, 0) is 0 Å². The molecule has 0 bridgehead atoms. The highest BCUT2D eigenvalue weighted by Gasteiger charge is 2.27. The quantitative estimate of drug-likeness (QED) is 0.638. The van der Waals surface area contributed by atoms with Crippen LogP contribution < -0.4 is 16.2 Å². The normalized spacial score (nSPS) is 24.4. The Morgan fingerprint density at radius 2 is 1.95 bits per heavy atom. The van der Waals surface area contributed by atoms with Crippen molar-refractivity contribution in [2.75, 3.05) is 19.0 Å². The van der Waals surface area contributed by atoms with Gasteiger partial charge < -0.3 is 4.90 Å². The Balaban J connectivity index is 2.10. The zero-order valence-corrected chi connectivity index (χ0v) is 13.1. The number of benzene rings is 1. The fraction of sp³-hybridized carbons (Fsp3) is 0.647. The van der Waals surface area contributed by atoms with Crippen molar-refractivity contribution >= 4 is 5.69 Å². The zero-order valence-electron chi connectivity index (χ0n) is 13.1. The highest BCUT2D eigenvalue weighted by Crippen LogP contribution is 2.38. The van der Waals surface area contributed by atoms with Crippen molar-refractivity contribution < 1.29 is 0 Å². The molecule has 20 heavy (non-hydrogen) atoms. The summed E-state index contributed by atoms with van der Waals surface area (Å²) in [6.45, 7) is 2.31. The molecular formula is C17H29N3. The van der Waals surface area contributed by atoms with E-state index in [0.717, 1.165) is 5.92 Å². The summed E-state index contributed by atoms with van der Waals surface area (Å²) < 4.78 is 0. The smallest absolute Gasteiger partial charge is 0.0488 e. The molecule has 0 aromatic heterocycles. The fourth-order valence-corrected chi connectivity index (χ4v) is 3.43. The molecule has 0 radical (unpaired) electrons. The van der Waals surface area contributed by atoms with Gasteiger partial charge in [-0.25, -0.2) is 0 Å². The Hall–Kier alpha value is -1.06. The van der Waals surface area contributed by atoms with E-state index in [0.29, 0.717) is 5.92 Å². The van der Waals surface area contributed by atoms with Crippen molar-refractivity contribution in [3.05, 3.63) is 29.8 Å². The number of rotatable bonds is 5. The molecule has 3 N–H and O–H groups in total. The van der Waals surface area contributed by atoms with Gasteiger partial charge in [0.15, 0.2) is 0 Å². The van der Waals surface area contributed by atoms with Gasteiger partial charge in [-0.2, -0.15) is 0 Å². The predicted molar refractivity (Wildman–Crippen MR) is 86.6 cm³/mol. The van der Waals surface area contributed by atoms with E-state index in [1.54, 1.807) is 0 Å². The number of hydrogen-bond acceptors (Lipinski definition) is 3. The molecule has 2 rings (SSSR count). The monoisotopic (exact) mass is 275 g/mol. The van der Waals surface area contributed by atoms with Crippen molar-refractivity contribution in [3.8, 4) is 0 Å². The Morgan fingerprint density at radius 1 is 1.25 bits per heavy atom. The molecule has 0 spiro atoms. The van der Waals surface area contributed by atoms with Gasteiger partial charge in [-0.1, -0.05) is 38.3 Å². The van der Waals surface area contributed by atoms with Gasteiger partial charge in [-0.15, -0.1) is 0 Å². The third-order valence-corrected chi connectivity index (χ3v) is 4.87. The van der Waals surface area contributed by atoms with Crippen LogP contribution in [0.15, 0.2) is 24.3 Å². The lowest BCUT2D eigenvalue weighted by molar-refractivity contribution is 0.219. The highest BCUT2D eigenvalue weighted by atomic mass is 15.2. The molecule has 1 aliphatic carbocycles. The Kier molecular flexibility index (Phi) is 5.44. The minimum absolute atomic E-state index is 0.285. The van der Waals surface area contributed by atoms with Gasteiger partial charge in [-0.3, -0.25) is 11.3 Å². The van der Waals surface area contributed by atoms with Crippen LogP contribution in [0.2, 0.25) is 0 Å². The first-order valence-electron chi connectivity index (χ1n) is 7.89. The van der Waals surface area contributed by atoms with Crippen molar-refractivity contribution in [1.29, 1.82) is 0 Å². The van der Waals surface area contributed by atoms with E-state index in [1.165, 1.54) is 43.4 Å². The second kappa shape index (κ2) is 7.09. The summed E-state index contributed by atoms with van der Waals surface area (Å²) in [4.78, 5) is 2.14. The lowest BCUT2D eigenvalue weighted by atomic mass is 9.76. The van der Waals surface area contributed by atoms with Gasteiger partial charge >= 0.3 is 0 Å². The predicted octanol–water partition coefficient (Wildman–Crippen LogP) is 3.47. The van der Waals surface area contributed by atoms with E-state index in [4.69, 9.17) is 5.84 Å². The van der Waals surface area contributed by atoms with Crippen molar-refractivity contribution in [2.24, 2.45) is 17.7 Å². The summed E-state index contributed by atoms with van der Waals surface area (Å²) >= 11 is 0. The van der Waals surface area contributed by atoms with Crippen LogP contribution in [-0.4, -0.2) is 14.1 Å². The minimum Gasteiger partial charge on any atom is -0.378 e. The summed E-state index contributed by atoms with van der Waals surface area (Å²) in [7, 11) is 4.16. The third-order valence-electron chi connectivity index (χ3n) is 4.87. The summed E-state index contributed by atoms with van der Waals surface area (Å²) in [5.74, 6) is 7.46. The maximum absolute atomic E-state index is 5.87. The first-order valence-corrected chi connectivity index (χ1v) is 7.89. The van der Waals surface area contributed by atoms with Gasteiger partial charge in [-0.05, 0) is 42.4 Å². The van der Waals surface area contributed by atoms with E-state index in [9.17, 15) is 0 Å². The average Bonchev–Trinajstić information content (AvgIpc) is 2.49. The van der Waals surface area contributed by atoms with Crippen LogP contribution in [0.4, 0.5) is 5.69 Å². The van der Waals surface area contributed by atoms with Gasteiger partial charge in [0.25, 0.3) is 0 Å². The van der Waals surface area contributed by atoms with Crippen LogP contribution in [0, 0.1) is 11.8 Å². The average molecular weight is 275 g/mol. The molecular weight excluding hydrogens is 246 g/mol. The zero-order chi connectivity index (χ0) is 14.5. The van der Waals surface area contributed by atoms with Crippen LogP contribution >= 0.6 is 0 Å². The van der Waals surface area contributed by atoms with E-state index in [-0.39, 0.29) is 6.04 Å². The third kappa shape index (κ3) is 3.53. The second-order valence-electron chi connectivity index (χ2n) is 6.32. The summed E-state index contributed by atoms with van der Waals surface area (Å²) in [6, 6.07) is 9.02. The molecule has 3 heteroatoms. The Bertz CT molecular complexity index is 408. The van der Waals surface area contributed by atoms with Crippen LogP contribution in [0.5, 0.6) is 0 Å². The number of hydrazine groups is 1. The number of anilines is 1. The molecule has 1 fully saturated rings. The lowest BCUT2D eigenvalue weighted by Crippen LogP contribution is -2.35. The molecule has 0 amide bonds. The van der Waals surface area contributed by atoms with Crippen LogP contribution in [0.1, 0.15) is 50.6 Å². The standard InChI is InChI=1S/C17H29N3/c1-4-13-8-10-14(11-9-13)17(19-18)15-6-5-7-16(12-15)20(2)3/h5-7,12-14,17,19H,4,8-11,18H2,1-3H3. The summed E-state index contributed by atoms with van der Waals surface area (Å²) in [5.41, 5.74) is 5.63. The Morgan fingerprint density at radius 3 is 2.50 bits per heavy atom. The number of nitrogens with one attached hydrogen (secondary N) is 1. The second-order valence-corrected chi connectivity index (χ2v) is 6.32. The largest absolute Gasteiger partial charge is 0.378 e. The van der Waals surface area contributed by atoms with Gasteiger partial charge in [0.1, 0.15) is 0 Å². The Labute approximate surface area is 123 Å². The topological polar surface area (TPSA) is 41.3 Å². The molecule has 1 atom stereocenters. The van der Waals surface area contributed by atoms with Crippen molar-refractivity contribution in [3.63, 3.8) is 0 Å². The number of nitrogens with zero attached hydrogens (tertiary/aromatic N) is 1. The molecule has 1 aromatic carbocycles. The first-order chi connectivity index (χ1) is 9.65. The molecule has 0 heterocycles. The minimum atomic E-state index is 0.285. The van der Waals surface area contributed by atoms with Crippen molar-refractivity contribution in [1.82, 2.24) is 5.43 Å².